The second kappa shape index (κ2) is 5.49. The van der Waals surface area contributed by atoms with Gasteiger partial charge < -0.3 is 10.1 Å². The largest absolute Gasteiger partial charge is 0.412 e. The lowest BCUT2D eigenvalue weighted by atomic mass is 10.3. The van der Waals surface area contributed by atoms with Crippen molar-refractivity contribution in [3.63, 3.8) is 0 Å². The van der Waals surface area contributed by atoms with Crippen LogP contribution in [0.1, 0.15) is 25.7 Å². The molecule has 1 aliphatic rings. The van der Waals surface area contributed by atoms with Crippen molar-refractivity contribution >= 4 is 22.0 Å². The van der Waals surface area contributed by atoms with Gasteiger partial charge >= 0.3 is 6.09 Å². The molecule has 17 heavy (non-hydrogen) atoms. The zero-order valence-electron chi connectivity index (χ0n) is 9.21. The highest BCUT2D eigenvalue weighted by molar-refractivity contribution is 9.10. The zero-order chi connectivity index (χ0) is 12.3. The molecule has 1 aromatic rings. The summed E-state index contributed by atoms with van der Waals surface area (Å²) in [7, 11) is 0. The van der Waals surface area contributed by atoms with E-state index in [4.69, 9.17) is 4.74 Å². The molecule has 0 radical (unpaired) electrons. The third-order valence-corrected chi connectivity index (χ3v) is 3.39. The smallest absolute Gasteiger partial charge is 0.410 e. The molecule has 0 aliphatic heterocycles. The molecule has 1 amide bonds. The average Bonchev–Trinajstić information content (AvgIpc) is 2.76. The van der Waals surface area contributed by atoms with Crippen molar-refractivity contribution in [1.82, 2.24) is 5.32 Å². The minimum atomic E-state index is -0.476. The molecule has 1 saturated carbocycles. The van der Waals surface area contributed by atoms with Gasteiger partial charge in [-0.1, -0.05) is 12.8 Å². The maximum atomic E-state index is 13.0. The van der Waals surface area contributed by atoms with Crippen LogP contribution in [0.3, 0.4) is 0 Å². The Kier molecular flexibility index (Phi) is 3.99. The fourth-order valence-corrected chi connectivity index (χ4v) is 2.27. The van der Waals surface area contributed by atoms with Gasteiger partial charge in [0.2, 0.25) is 0 Å². The van der Waals surface area contributed by atoms with E-state index in [0.29, 0.717) is 5.75 Å². The van der Waals surface area contributed by atoms with E-state index >= 15 is 0 Å². The summed E-state index contributed by atoms with van der Waals surface area (Å²) in [4.78, 5) is 11.5. The molecule has 0 heterocycles. The van der Waals surface area contributed by atoms with Crippen LogP contribution >= 0.6 is 15.9 Å². The van der Waals surface area contributed by atoms with Crippen molar-refractivity contribution in [3.05, 3.63) is 28.5 Å². The quantitative estimate of drug-likeness (QED) is 0.906. The van der Waals surface area contributed by atoms with Crippen LogP contribution in [0.15, 0.2) is 22.7 Å². The second-order valence-electron chi connectivity index (χ2n) is 4.09. The van der Waals surface area contributed by atoms with Crippen molar-refractivity contribution in [2.45, 2.75) is 31.7 Å². The number of nitrogens with one attached hydrogen (secondary N) is 1. The lowest BCUT2D eigenvalue weighted by Crippen LogP contribution is -2.34. The number of carbonyl (C=O) groups is 1. The Balaban J connectivity index is 1.90. The molecule has 1 aromatic carbocycles. The van der Waals surface area contributed by atoms with E-state index in [1.165, 1.54) is 18.2 Å². The molecule has 1 fully saturated rings. The Morgan fingerprint density at radius 2 is 2.12 bits per heavy atom. The third kappa shape index (κ3) is 3.43. The van der Waals surface area contributed by atoms with Crippen molar-refractivity contribution < 1.29 is 13.9 Å². The molecular weight excluding hydrogens is 289 g/mol. The van der Waals surface area contributed by atoms with Gasteiger partial charge in [-0.05, 0) is 47.0 Å². The first-order valence-corrected chi connectivity index (χ1v) is 6.38. The first kappa shape index (κ1) is 12.4. The van der Waals surface area contributed by atoms with Gasteiger partial charge in [-0.3, -0.25) is 0 Å². The number of benzene rings is 1. The molecule has 5 heteroatoms. The minimum absolute atomic E-state index is 0.214. The van der Waals surface area contributed by atoms with Crippen molar-refractivity contribution in [2.75, 3.05) is 0 Å². The minimum Gasteiger partial charge on any atom is -0.410 e. The Morgan fingerprint density at radius 3 is 2.76 bits per heavy atom. The Morgan fingerprint density at radius 1 is 1.41 bits per heavy atom. The molecule has 0 unspecified atom stereocenters. The average molecular weight is 302 g/mol. The summed E-state index contributed by atoms with van der Waals surface area (Å²) in [5, 5.41) is 2.79. The van der Waals surface area contributed by atoms with E-state index < -0.39 is 6.09 Å². The Hall–Kier alpha value is -1.10. The number of rotatable bonds is 2. The maximum absolute atomic E-state index is 13.0. The van der Waals surface area contributed by atoms with Gasteiger partial charge in [-0.15, -0.1) is 0 Å². The molecule has 0 spiro atoms. The molecule has 3 nitrogen and oxygen atoms in total. The maximum Gasteiger partial charge on any atom is 0.412 e. The van der Waals surface area contributed by atoms with E-state index in [1.54, 1.807) is 0 Å². The summed E-state index contributed by atoms with van der Waals surface area (Å²) >= 11 is 3.04. The molecule has 0 bridgehead atoms. The standard InChI is InChI=1S/C12H13BrFNO2/c13-10-7-9(5-6-11(10)14)17-12(16)15-8-3-1-2-4-8/h5-8H,1-4H2,(H,15,16). The van der Waals surface area contributed by atoms with Crippen LogP contribution < -0.4 is 10.1 Å². The lowest BCUT2D eigenvalue weighted by molar-refractivity contribution is 0.196. The van der Waals surface area contributed by atoms with Crippen LogP contribution in [0.4, 0.5) is 9.18 Å². The van der Waals surface area contributed by atoms with Gasteiger partial charge in [-0.2, -0.15) is 0 Å². The monoisotopic (exact) mass is 301 g/mol. The summed E-state index contributed by atoms with van der Waals surface area (Å²) in [6.45, 7) is 0. The zero-order valence-corrected chi connectivity index (χ0v) is 10.8. The summed E-state index contributed by atoms with van der Waals surface area (Å²) < 4.78 is 18.3. The van der Waals surface area contributed by atoms with Crippen molar-refractivity contribution in [3.8, 4) is 5.75 Å². The van der Waals surface area contributed by atoms with Crippen LogP contribution in [-0.4, -0.2) is 12.1 Å². The fourth-order valence-electron chi connectivity index (χ4n) is 1.91. The summed E-state index contributed by atoms with van der Waals surface area (Å²) in [5.41, 5.74) is 0. The van der Waals surface area contributed by atoms with E-state index in [-0.39, 0.29) is 16.3 Å². The highest BCUT2D eigenvalue weighted by Crippen LogP contribution is 2.22. The second-order valence-corrected chi connectivity index (χ2v) is 4.95. The van der Waals surface area contributed by atoms with Gasteiger partial charge in [-0.25, -0.2) is 9.18 Å². The molecule has 92 valence electrons. The molecule has 1 N–H and O–H groups in total. The normalized spacial score (nSPS) is 15.9. The lowest BCUT2D eigenvalue weighted by Gasteiger charge is -2.12. The first-order valence-electron chi connectivity index (χ1n) is 5.58. The van der Waals surface area contributed by atoms with Crippen LogP contribution in [0.25, 0.3) is 0 Å². The molecule has 0 saturated heterocycles. The van der Waals surface area contributed by atoms with Crippen LogP contribution in [-0.2, 0) is 0 Å². The SMILES string of the molecule is O=C(NC1CCCC1)Oc1ccc(F)c(Br)c1. The van der Waals surface area contributed by atoms with E-state index in [2.05, 4.69) is 21.2 Å². The van der Waals surface area contributed by atoms with E-state index in [0.717, 1.165) is 25.7 Å². The Labute approximate surface area is 107 Å². The number of hydrogen-bond acceptors (Lipinski definition) is 2. The van der Waals surface area contributed by atoms with Gasteiger partial charge in [0.15, 0.2) is 0 Å². The number of hydrogen-bond donors (Lipinski definition) is 1. The third-order valence-electron chi connectivity index (χ3n) is 2.78. The predicted molar refractivity (Wildman–Crippen MR) is 65.5 cm³/mol. The predicted octanol–water partition coefficient (Wildman–Crippen LogP) is 3.62. The number of amides is 1. The van der Waals surface area contributed by atoms with Crippen LogP contribution in [0.2, 0.25) is 0 Å². The summed E-state index contributed by atoms with van der Waals surface area (Å²) in [6.07, 6.45) is 3.82. The topological polar surface area (TPSA) is 38.3 Å². The number of ether oxygens (including phenoxy) is 1. The summed E-state index contributed by atoms with van der Waals surface area (Å²) in [5.74, 6) is -0.0534. The Bertz CT molecular complexity index is 419. The van der Waals surface area contributed by atoms with Gasteiger partial charge in [0.1, 0.15) is 11.6 Å². The highest BCUT2D eigenvalue weighted by Gasteiger charge is 2.18. The van der Waals surface area contributed by atoms with E-state index in [9.17, 15) is 9.18 Å². The van der Waals surface area contributed by atoms with Crippen LogP contribution in [0, 0.1) is 5.82 Å². The molecule has 0 atom stereocenters. The van der Waals surface area contributed by atoms with Crippen molar-refractivity contribution in [1.29, 1.82) is 0 Å². The summed E-state index contributed by atoms with van der Waals surface area (Å²) in [6, 6.07) is 4.33. The number of carbonyl (C=O) groups excluding carboxylic acids is 1. The van der Waals surface area contributed by atoms with Gasteiger partial charge in [0, 0.05) is 6.04 Å². The fraction of sp³-hybridized carbons (Fsp3) is 0.417. The molecule has 0 aromatic heterocycles. The van der Waals surface area contributed by atoms with Gasteiger partial charge in [0.25, 0.3) is 0 Å². The molecule has 2 rings (SSSR count). The molecule has 1 aliphatic carbocycles. The van der Waals surface area contributed by atoms with Gasteiger partial charge in [0.05, 0.1) is 4.47 Å². The molecular formula is C12H13BrFNO2. The highest BCUT2D eigenvalue weighted by atomic mass is 79.9. The number of halogens is 2. The van der Waals surface area contributed by atoms with Crippen LogP contribution in [0.5, 0.6) is 5.75 Å². The first-order chi connectivity index (χ1) is 8.15. The van der Waals surface area contributed by atoms with E-state index in [1.807, 2.05) is 0 Å². The van der Waals surface area contributed by atoms with Crippen molar-refractivity contribution in [2.24, 2.45) is 0 Å².